The van der Waals surface area contributed by atoms with Crippen molar-refractivity contribution < 1.29 is 14.2 Å². The summed E-state index contributed by atoms with van der Waals surface area (Å²) >= 11 is 0. The van der Waals surface area contributed by atoms with E-state index in [1.54, 1.807) is 83.2 Å². The van der Waals surface area contributed by atoms with Gasteiger partial charge in [-0.3, -0.25) is 0 Å². The molecular weight excluding hydrogens is 554 g/mol. The van der Waals surface area contributed by atoms with E-state index in [1.165, 1.54) is 12.8 Å². The zero-order valence-corrected chi connectivity index (χ0v) is 29.1. The molecule has 0 radical (unpaired) electrons. The second-order valence-electron chi connectivity index (χ2n) is 19.4. The smallest absolute Gasteiger partial charge is 0.172 e. The van der Waals surface area contributed by atoms with Gasteiger partial charge in [-0.1, -0.05) is 7.92 Å². The van der Waals surface area contributed by atoms with Gasteiger partial charge in [0.1, 0.15) is 0 Å². The third-order valence-electron chi connectivity index (χ3n) is 16.5. The minimum atomic E-state index is -0.512. The molecule has 13 rings (SSSR count). The summed E-state index contributed by atoms with van der Waals surface area (Å²) in [5.74, 6) is 7.06. The molecule has 3 nitrogen and oxygen atoms in total. The van der Waals surface area contributed by atoms with E-state index in [1.807, 2.05) is 0 Å². The third-order valence-corrected chi connectivity index (χ3v) is 21.3. The van der Waals surface area contributed by atoms with Crippen LogP contribution in [0, 0.1) is 52.8 Å². The zero-order chi connectivity index (χ0) is 28.5. The lowest BCUT2D eigenvalue weighted by atomic mass is 9.44. The average Bonchev–Trinajstić information content (AvgIpc) is 2.81. The van der Waals surface area contributed by atoms with E-state index in [2.05, 4.69) is 36.9 Å². The Morgan fingerprint density at radius 3 is 1.33 bits per heavy atom. The molecule has 0 spiro atoms. The first kappa shape index (κ1) is 27.8. The lowest BCUT2D eigenvalue weighted by Gasteiger charge is -2.77. The van der Waals surface area contributed by atoms with Gasteiger partial charge >= 0.3 is 0 Å². The van der Waals surface area contributed by atoms with Gasteiger partial charge in [0, 0.05) is 18.3 Å². The molecule has 7 unspecified atom stereocenters. The summed E-state index contributed by atoms with van der Waals surface area (Å²) in [5, 5.41) is 1.48. The van der Waals surface area contributed by atoms with E-state index in [9.17, 15) is 0 Å². The minimum Gasteiger partial charge on any atom is -0.343 e. The Balaban J connectivity index is 1.04. The van der Waals surface area contributed by atoms with Gasteiger partial charge in [-0.25, -0.2) is 0 Å². The first-order valence-electron chi connectivity index (χ1n) is 18.5. The van der Waals surface area contributed by atoms with Gasteiger partial charge in [0.2, 0.25) is 0 Å². The fourth-order valence-electron chi connectivity index (χ4n) is 16.7. The molecule has 9 aliphatic carbocycles. The van der Waals surface area contributed by atoms with Crippen LogP contribution >= 0.6 is 17.2 Å². The summed E-state index contributed by atoms with van der Waals surface area (Å²) in [6.07, 6.45) is 26.7. The summed E-state index contributed by atoms with van der Waals surface area (Å²) < 4.78 is 20.8. The molecule has 13 fully saturated rings. The molecule has 9 saturated carbocycles. The van der Waals surface area contributed by atoms with Crippen LogP contribution in [0.3, 0.4) is 0 Å². The van der Waals surface area contributed by atoms with Crippen molar-refractivity contribution in [2.75, 3.05) is 12.3 Å². The van der Waals surface area contributed by atoms with Crippen molar-refractivity contribution >= 4 is 17.2 Å². The Kier molecular flexibility index (Phi) is 5.57. The van der Waals surface area contributed by atoms with Crippen LogP contribution in [0.5, 0.6) is 0 Å². The summed E-state index contributed by atoms with van der Waals surface area (Å²) in [6.45, 7) is 9.36. The van der Waals surface area contributed by atoms with E-state index < -0.39 is 11.6 Å². The van der Waals surface area contributed by atoms with E-state index in [-0.39, 0.29) is 24.5 Å². The van der Waals surface area contributed by atoms with Crippen LogP contribution in [0.2, 0.25) is 0 Å². The standard InChI is InChI=1S/C37H58O3P2/c1-31-20-33(3)39-32(2,21-34(4,38-31)40-33)37(31,22-41)30-6-5-29(30)19-42(35-13-23-7-24(14-35)9-25(8-23)15-35)36-16-26-10-27(17-36)12-28(11-26)18-36/h23-30H,5-22,41H2,1-4H3. The highest BCUT2D eigenvalue weighted by molar-refractivity contribution is 7.61. The van der Waals surface area contributed by atoms with Crippen molar-refractivity contribution in [2.24, 2.45) is 52.8 Å². The van der Waals surface area contributed by atoms with Gasteiger partial charge in [-0.2, -0.15) is 0 Å². The van der Waals surface area contributed by atoms with Crippen molar-refractivity contribution in [1.82, 2.24) is 0 Å². The van der Waals surface area contributed by atoms with Crippen molar-refractivity contribution in [1.29, 1.82) is 0 Å². The van der Waals surface area contributed by atoms with Crippen molar-refractivity contribution in [3.05, 3.63) is 0 Å². The zero-order valence-electron chi connectivity index (χ0n) is 27.1. The molecule has 234 valence electrons. The monoisotopic (exact) mass is 612 g/mol. The van der Waals surface area contributed by atoms with Crippen LogP contribution in [0.1, 0.15) is 130 Å². The third kappa shape index (κ3) is 3.44. The normalized spacial score (nSPS) is 65.6. The van der Waals surface area contributed by atoms with E-state index >= 15 is 0 Å². The summed E-state index contributed by atoms with van der Waals surface area (Å²) in [4.78, 5) is 0. The molecule has 0 N–H and O–H groups in total. The number of hydrogen-bond donors (Lipinski definition) is 0. The number of hydrogen-bond acceptors (Lipinski definition) is 3. The van der Waals surface area contributed by atoms with Crippen molar-refractivity contribution in [3.8, 4) is 0 Å². The average molecular weight is 613 g/mol. The number of ether oxygens (including phenoxy) is 3. The maximum Gasteiger partial charge on any atom is 0.172 e. The quantitative estimate of drug-likeness (QED) is 0.280. The van der Waals surface area contributed by atoms with Crippen LogP contribution < -0.4 is 0 Å². The summed E-state index contributed by atoms with van der Waals surface area (Å²) in [6, 6.07) is 0. The maximum absolute atomic E-state index is 7.14. The molecule has 0 aromatic heterocycles. The SMILES string of the molecule is CC12CC3(C)OC(C)(CC(C)(O1)C3(CP)C1CCC1CP(C13CC4CC(CC(C4)C1)C3)C13CC4CC(CC(C4)C1)C3)O2. The topological polar surface area (TPSA) is 27.7 Å². The molecule has 5 heteroatoms. The maximum atomic E-state index is 7.14. The number of rotatable bonds is 6. The van der Waals surface area contributed by atoms with Crippen LogP contribution in [-0.4, -0.2) is 45.4 Å². The molecule has 4 saturated heterocycles. The molecule has 42 heavy (non-hydrogen) atoms. The molecule has 13 aliphatic rings. The Labute approximate surface area is 259 Å². The van der Waals surface area contributed by atoms with E-state index in [0.717, 1.165) is 76.7 Å². The molecule has 12 bridgehead atoms. The molecule has 7 atom stereocenters. The molecule has 0 aromatic carbocycles. The van der Waals surface area contributed by atoms with Gasteiger partial charge in [0.15, 0.2) is 11.6 Å². The van der Waals surface area contributed by atoms with Gasteiger partial charge < -0.3 is 14.2 Å². The highest BCUT2D eigenvalue weighted by atomic mass is 31.1. The predicted octanol–water partition coefficient (Wildman–Crippen LogP) is 9.11. The second kappa shape index (κ2) is 8.41. The molecule has 4 heterocycles. The fraction of sp³-hybridized carbons (Fsp3) is 1.00. The molecule has 4 aliphatic heterocycles. The molecule has 0 amide bonds. The van der Waals surface area contributed by atoms with Gasteiger partial charge in [-0.15, -0.1) is 9.24 Å². The first-order valence-corrected chi connectivity index (χ1v) is 20.8. The first-order chi connectivity index (χ1) is 19.9. The fourth-order valence-corrected chi connectivity index (χ4v) is 23.4. The van der Waals surface area contributed by atoms with E-state index in [0.29, 0.717) is 0 Å². The van der Waals surface area contributed by atoms with Crippen molar-refractivity contribution in [2.45, 2.75) is 164 Å². The Bertz CT molecular complexity index is 1020. The highest BCUT2D eigenvalue weighted by Crippen LogP contribution is 2.81. The Morgan fingerprint density at radius 2 is 1.00 bits per heavy atom. The van der Waals surface area contributed by atoms with Crippen LogP contribution in [0.4, 0.5) is 0 Å². The molecule has 0 aromatic rings. The van der Waals surface area contributed by atoms with Gasteiger partial charge in [0.05, 0.1) is 11.2 Å². The van der Waals surface area contributed by atoms with Crippen LogP contribution in [-0.2, 0) is 14.2 Å². The minimum absolute atomic E-state index is 0.0407. The van der Waals surface area contributed by atoms with Gasteiger partial charge in [-0.05, 0) is 188 Å². The van der Waals surface area contributed by atoms with Crippen LogP contribution in [0.25, 0.3) is 0 Å². The predicted molar refractivity (Wildman–Crippen MR) is 173 cm³/mol. The Hall–Kier alpha value is 0.740. The summed E-state index contributed by atoms with van der Waals surface area (Å²) in [7, 11) is 3.29. The second-order valence-corrected chi connectivity index (χ2v) is 22.9. The molecular formula is C37H58O3P2. The van der Waals surface area contributed by atoms with Crippen LogP contribution in [0.15, 0.2) is 0 Å². The van der Waals surface area contributed by atoms with E-state index in [4.69, 9.17) is 14.2 Å². The lowest BCUT2D eigenvalue weighted by molar-refractivity contribution is -0.550. The Morgan fingerprint density at radius 1 is 0.595 bits per heavy atom. The van der Waals surface area contributed by atoms with Crippen molar-refractivity contribution in [3.63, 3.8) is 0 Å². The lowest BCUT2D eigenvalue weighted by Crippen LogP contribution is -2.84. The van der Waals surface area contributed by atoms with Gasteiger partial charge in [0.25, 0.3) is 0 Å². The summed E-state index contributed by atoms with van der Waals surface area (Å²) in [5.41, 5.74) is -0.315. The highest BCUT2D eigenvalue weighted by Gasteiger charge is 2.79. The largest absolute Gasteiger partial charge is 0.343 e.